The van der Waals surface area contributed by atoms with Crippen LogP contribution in [0.1, 0.15) is 0 Å². The summed E-state index contributed by atoms with van der Waals surface area (Å²) in [6.07, 6.45) is 1.88. The predicted molar refractivity (Wildman–Crippen MR) is 63.7 cm³/mol. The van der Waals surface area contributed by atoms with Gasteiger partial charge in [0.25, 0.3) is 5.91 Å². The smallest absolute Gasteiger partial charge is 0.267 e. The monoisotopic (exact) mass is 263 g/mol. The molecule has 0 saturated carbocycles. The molecule has 1 aliphatic rings. The third kappa shape index (κ3) is 3.15. The standard InChI is InChI=1S/C9H13N3O2S.ClH/c1-12-3-5-15-9(12)11-8(13)7-6-14-4-2-10-7;/h3,5,7,10H,2,4,6H2,1H3;1H. The molecule has 16 heavy (non-hydrogen) atoms. The van der Waals surface area contributed by atoms with Crippen LogP contribution >= 0.6 is 23.7 Å². The van der Waals surface area contributed by atoms with Crippen molar-refractivity contribution in [2.75, 3.05) is 19.8 Å². The minimum Gasteiger partial charge on any atom is -0.378 e. The maximum atomic E-state index is 11.7. The number of aryl methyl sites for hydroxylation is 1. The molecule has 0 aliphatic carbocycles. The van der Waals surface area contributed by atoms with Crippen molar-refractivity contribution in [1.82, 2.24) is 9.88 Å². The van der Waals surface area contributed by atoms with Crippen molar-refractivity contribution in [1.29, 1.82) is 0 Å². The average Bonchev–Trinajstić information content (AvgIpc) is 2.66. The van der Waals surface area contributed by atoms with Gasteiger partial charge >= 0.3 is 0 Å². The number of nitrogens with zero attached hydrogens (tertiary/aromatic N) is 2. The van der Waals surface area contributed by atoms with E-state index in [0.717, 1.165) is 0 Å². The van der Waals surface area contributed by atoms with Crippen LogP contribution in [0.2, 0.25) is 0 Å². The number of nitrogens with one attached hydrogen (secondary N) is 1. The number of hydrogen-bond donors (Lipinski definition) is 1. The van der Waals surface area contributed by atoms with Crippen LogP contribution in [0.3, 0.4) is 0 Å². The van der Waals surface area contributed by atoms with E-state index in [1.165, 1.54) is 11.3 Å². The van der Waals surface area contributed by atoms with Gasteiger partial charge in [0, 0.05) is 25.2 Å². The first-order valence-electron chi connectivity index (χ1n) is 4.77. The van der Waals surface area contributed by atoms with Gasteiger partial charge in [-0.05, 0) is 0 Å². The maximum absolute atomic E-state index is 11.7. The molecule has 1 atom stereocenters. The van der Waals surface area contributed by atoms with Gasteiger partial charge in [0.1, 0.15) is 6.04 Å². The molecule has 2 heterocycles. The van der Waals surface area contributed by atoms with Crippen LogP contribution in [0.25, 0.3) is 0 Å². The minimum atomic E-state index is -0.291. The number of aromatic nitrogens is 1. The Morgan fingerprint density at radius 3 is 3.12 bits per heavy atom. The number of carbonyl (C=O) groups is 1. The normalized spacial score (nSPS) is 21.6. The second-order valence-corrected chi connectivity index (χ2v) is 4.20. The lowest BCUT2D eigenvalue weighted by molar-refractivity contribution is -0.122. The van der Waals surface area contributed by atoms with E-state index in [1.807, 2.05) is 23.2 Å². The van der Waals surface area contributed by atoms with Crippen molar-refractivity contribution in [2.45, 2.75) is 6.04 Å². The predicted octanol–water partition coefficient (Wildman–Crippen LogP) is -0.0759. The van der Waals surface area contributed by atoms with Gasteiger partial charge in [0.2, 0.25) is 0 Å². The number of thiazole rings is 1. The first kappa shape index (κ1) is 13.4. The van der Waals surface area contributed by atoms with Crippen molar-refractivity contribution in [2.24, 2.45) is 12.0 Å². The zero-order chi connectivity index (χ0) is 10.7. The summed E-state index contributed by atoms with van der Waals surface area (Å²) in [5, 5.41) is 4.98. The summed E-state index contributed by atoms with van der Waals surface area (Å²) >= 11 is 1.45. The van der Waals surface area contributed by atoms with Gasteiger partial charge in [-0.1, -0.05) is 0 Å². The molecule has 1 aromatic rings. The van der Waals surface area contributed by atoms with Crippen LogP contribution in [-0.2, 0) is 16.6 Å². The van der Waals surface area contributed by atoms with Gasteiger partial charge in [-0.25, -0.2) is 0 Å². The fraction of sp³-hybridized carbons (Fsp3) is 0.556. The molecule has 1 unspecified atom stereocenters. The molecule has 90 valence electrons. The number of carbonyl (C=O) groups excluding carboxylic acids is 1. The minimum absolute atomic E-state index is 0. The van der Waals surface area contributed by atoms with Crippen molar-refractivity contribution in [3.8, 4) is 0 Å². The van der Waals surface area contributed by atoms with E-state index < -0.39 is 0 Å². The fourth-order valence-electron chi connectivity index (χ4n) is 1.33. The first-order valence-corrected chi connectivity index (χ1v) is 5.65. The van der Waals surface area contributed by atoms with Gasteiger partial charge in [0.05, 0.1) is 13.2 Å². The van der Waals surface area contributed by atoms with Crippen molar-refractivity contribution in [3.05, 3.63) is 16.4 Å². The van der Waals surface area contributed by atoms with E-state index in [1.54, 1.807) is 0 Å². The molecule has 0 aromatic carbocycles. The second-order valence-electron chi connectivity index (χ2n) is 3.33. The highest BCUT2D eigenvalue weighted by atomic mass is 35.5. The molecule has 0 spiro atoms. The Morgan fingerprint density at radius 1 is 1.75 bits per heavy atom. The van der Waals surface area contributed by atoms with Crippen molar-refractivity contribution < 1.29 is 9.53 Å². The zero-order valence-corrected chi connectivity index (χ0v) is 10.5. The zero-order valence-electron chi connectivity index (χ0n) is 8.88. The molecule has 0 radical (unpaired) electrons. The van der Waals surface area contributed by atoms with Gasteiger partial charge in [-0.2, -0.15) is 4.99 Å². The number of amides is 1. The summed E-state index contributed by atoms with van der Waals surface area (Å²) in [7, 11) is 1.87. The third-order valence-electron chi connectivity index (χ3n) is 2.19. The van der Waals surface area contributed by atoms with E-state index in [4.69, 9.17) is 4.74 Å². The number of hydrogen-bond acceptors (Lipinski definition) is 4. The van der Waals surface area contributed by atoms with E-state index in [-0.39, 0.29) is 24.4 Å². The molecule has 1 N–H and O–H groups in total. The fourth-order valence-corrected chi connectivity index (χ4v) is 2.07. The molecule has 2 rings (SSSR count). The highest BCUT2D eigenvalue weighted by Gasteiger charge is 2.20. The Labute approximate surface area is 104 Å². The van der Waals surface area contributed by atoms with Crippen LogP contribution in [-0.4, -0.2) is 36.3 Å². The summed E-state index contributed by atoms with van der Waals surface area (Å²) in [5.74, 6) is -0.159. The Balaban J connectivity index is 0.00000128. The summed E-state index contributed by atoms with van der Waals surface area (Å²) < 4.78 is 7.03. The van der Waals surface area contributed by atoms with E-state index >= 15 is 0 Å². The molecule has 1 aromatic heterocycles. The lowest BCUT2D eigenvalue weighted by atomic mass is 10.3. The molecule has 1 fully saturated rings. The highest BCUT2D eigenvalue weighted by molar-refractivity contribution is 7.07. The number of morpholine rings is 1. The molecular formula is C9H14ClN3O2S. The second kappa shape index (κ2) is 6.15. The summed E-state index contributed by atoms with van der Waals surface area (Å²) in [6.45, 7) is 1.79. The largest absolute Gasteiger partial charge is 0.378 e. The molecule has 0 bridgehead atoms. The Hall–Kier alpha value is -0.690. The van der Waals surface area contributed by atoms with Crippen LogP contribution in [0.4, 0.5) is 0 Å². The summed E-state index contributed by atoms with van der Waals surface area (Å²) in [4.78, 5) is 16.5. The number of halogens is 1. The highest BCUT2D eigenvalue weighted by Crippen LogP contribution is 1.96. The van der Waals surface area contributed by atoms with Crippen molar-refractivity contribution >= 4 is 29.7 Å². The van der Waals surface area contributed by atoms with Crippen LogP contribution in [0.15, 0.2) is 16.6 Å². The molecule has 7 heteroatoms. The van der Waals surface area contributed by atoms with Crippen LogP contribution in [0.5, 0.6) is 0 Å². The quantitative estimate of drug-likeness (QED) is 0.771. The summed E-state index contributed by atoms with van der Waals surface area (Å²) in [5.41, 5.74) is 0. The molecule has 5 nitrogen and oxygen atoms in total. The number of ether oxygens (including phenoxy) is 1. The molecule has 1 saturated heterocycles. The van der Waals surface area contributed by atoms with Gasteiger partial charge in [0.15, 0.2) is 4.80 Å². The Kier molecular flexibility index (Phi) is 5.14. The SMILES string of the molecule is Cl.Cn1ccsc1=NC(=O)C1COCCN1. The van der Waals surface area contributed by atoms with Gasteiger partial charge in [-0.15, -0.1) is 23.7 Å². The Bertz CT molecular complexity index is 409. The topological polar surface area (TPSA) is 55.6 Å². The Morgan fingerprint density at radius 2 is 2.56 bits per heavy atom. The molecule has 1 amide bonds. The lowest BCUT2D eigenvalue weighted by Crippen LogP contribution is -2.46. The van der Waals surface area contributed by atoms with Gasteiger partial charge in [-0.3, -0.25) is 4.79 Å². The van der Waals surface area contributed by atoms with E-state index in [2.05, 4.69) is 10.3 Å². The lowest BCUT2D eigenvalue weighted by Gasteiger charge is -2.20. The van der Waals surface area contributed by atoms with Crippen LogP contribution < -0.4 is 10.1 Å². The molecule has 1 aliphatic heterocycles. The first-order chi connectivity index (χ1) is 7.27. The maximum Gasteiger partial charge on any atom is 0.267 e. The van der Waals surface area contributed by atoms with Crippen molar-refractivity contribution in [3.63, 3.8) is 0 Å². The number of rotatable bonds is 1. The van der Waals surface area contributed by atoms with E-state index in [9.17, 15) is 4.79 Å². The van der Waals surface area contributed by atoms with Crippen LogP contribution in [0, 0.1) is 0 Å². The van der Waals surface area contributed by atoms with E-state index in [0.29, 0.717) is 24.6 Å². The third-order valence-corrected chi connectivity index (χ3v) is 3.03. The summed E-state index contributed by atoms with van der Waals surface area (Å²) in [6, 6.07) is -0.291. The molecular weight excluding hydrogens is 250 g/mol. The average molecular weight is 264 g/mol. The van der Waals surface area contributed by atoms with Gasteiger partial charge < -0.3 is 14.6 Å².